The van der Waals surface area contributed by atoms with Crippen molar-refractivity contribution < 1.29 is 5.11 Å². The van der Waals surface area contributed by atoms with Crippen molar-refractivity contribution >= 4 is 0 Å². The zero-order valence-corrected chi connectivity index (χ0v) is 6.46. The van der Waals surface area contributed by atoms with Crippen LogP contribution in [0.5, 0.6) is 0 Å². The number of aliphatic hydroxyl groups excluding tert-OH is 1. The minimum atomic E-state index is 0.0893. The van der Waals surface area contributed by atoms with Crippen molar-refractivity contribution in [3.63, 3.8) is 0 Å². The van der Waals surface area contributed by atoms with Crippen LogP contribution in [0.3, 0.4) is 0 Å². The lowest BCUT2D eigenvalue weighted by Gasteiger charge is -2.12. The predicted octanol–water partition coefficient (Wildman–Crippen LogP) is 0.658. The molecule has 0 bridgehead atoms. The third-order valence-electron chi connectivity index (χ3n) is 2.63. The molecular weight excluding hydrogens is 138 g/mol. The number of aliphatic hydroxyl groups is 1. The Labute approximate surface area is 66.6 Å². The van der Waals surface area contributed by atoms with Gasteiger partial charge in [-0.05, 0) is 12.3 Å². The Balaban J connectivity index is 1.94. The normalized spacial score (nSPS) is 38.8. The van der Waals surface area contributed by atoms with Gasteiger partial charge in [0.15, 0.2) is 0 Å². The molecule has 11 heavy (non-hydrogen) atoms. The van der Waals surface area contributed by atoms with E-state index in [2.05, 4.69) is 29.6 Å². The first kappa shape index (κ1) is 7.07. The van der Waals surface area contributed by atoms with Gasteiger partial charge in [-0.2, -0.15) is 0 Å². The van der Waals surface area contributed by atoms with E-state index < -0.39 is 0 Å². The van der Waals surface area contributed by atoms with Crippen LogP contribution in [0.1, 0.15) is 6.42 Å². The van der Waals surface area contributed by atoms with Gasteiger partial charge in [-0.25, -0.2) is 0 Å². The highest BCUT2D eigenvalue weighted by atomic mass is 16.3. The Morgan fingerprint density at radius 2 is 2.45 bits per heavy atom. The number of hydrogen-bond donors (Lipinski definition) is 2. The maximum absolute atomic E-state index is 8.58. The number of nitrogens with one attached hydrogen (secondary N) is 1. The molecule has 0 aromatic heterocycles. The second-order valence-corrected chi connectivity index (χ2v) is 3.37. The zero-order valence-electron chi connectivity index (χ0n) is 6.46. The topological polar surface area (TPSA) is 32.3 Å². The van der Waals surface area contributed by atoms with E-state index in [0.717, 1.165) is 12.5 Å². The Morgan fingerprint density at radius 1 is 1.55 bits per heavy atom. The molecular formula is C9H13NO. The summed E-state index contributed by atoms with van der Waals surface area (Å²) < 4.78 is 0. The molecule has 0 heterocycles. The average molecular weight is 151 g/mol. The van der Waals surface area contributed by atoms with Gasteiger partial charge in [-0.1, -0.05) is 24.3 Å². The maximum Gasteiger partial charge on any atom is 0.0931 e. The predicted molar refractivity (Wildman–Crippen MR) is 43.9 cm³/mol. The smallest absolute Gasteiger partial charge is 0.0931 e. The standard InChI is InChI=1S/C9H13NO/c11-7-10-6-9-4-2-1-3-8(9)5-9/h1-4,8,10-11H,5-7H2. The molecule has 0 amide bonds. The Kier molecular flexibility index (Phi) is 1.59. The minimum Gasteiger partial charge on any atom is -0.381 e. The van der Waals surface area contributed by atoms with E-state index in [9.17, 15) is 0 Å². The molecule has 2 rings (SSSR count). The van der Waals surface area contributed by atoms with Gasteiger partial charge in [0.05, 0.1) is 6.73 Å². The highest BCUT2D eigenvalue weighted by Crippen LogP contribution is 2.55. The zero-order chi connectivity index (χ0) is 7.73. The van der Waals surface area contributed by atoms with Crippen LogP contribution >= 0.6 is 0 Å². The fraction of sp³-hybridized carbons (Fsp3) is 0.556. The molecule has 1 saturated carbocycles. The lowest BCUT2D eigenvalue weighted by molar-refractivity contribution is 0.251. The Bertz CT molecular complexity index is 210. The summed E-state index contributed by atoms with van der Waals surface area (Å²) >= 11 is 0. The Morgan fingerprint density at radius 3 is 3.18 bits per heavy atom. The molecule has 60 valence electrons. The first-order valence-corrected chi connectivity index (χ1v) is 4.05. The van der Waals surface area contributed by atoms with Crippen LogP contribution in [0.2, 0.25) is 0 Å². The van der Waals surface area contributed by atoms with Gasteiger partial charge in [0, 0.05) is 12.0 Å². The van der Waals surface area contributed by atoms with Crippen molar-refractivity contribution in [3.05, 3.63) is 24.3 Å². The highest BCUT2D eigenvalue weighted by Gasteiger charge is 2.50. The van der Waals surface area contributed by atoms with Crippen molar-refractivity contribution in [2.75, 3.05) is 13.3 Å². The summed E-state index contributed by atoms with van der Waals surface area (Å²) in [4.78, 5) is 0. The van der Waals surface area contributed by atoms with Crippen LogP contribution < -0.4 is 5.32 Å². The summed E-state index contributed by atoms with van der Waals surface area (Å²) in [6.45, 7) is 1.00. The third kappa shape index (κ3) is 1.12. The van der Waals surface area contributed by atoms with Crippen molar-refractivity contribution in [2.24, 2.45) is 11.3 Å². The fourth-order valence-corrected chi connectivity index (χ4v) is 1.80. The summed E-state index contributed by atoms with van der Waals surface area (Å²) in [5, 5.41) is 11.5. The summed E-state index contributed by atoms with van der Waals surface area (Å²) in [5.74, 6) is 0.728. The lowest BCUT2D eigenvalue weighted by atomic mass is 10.00. The molecule has 0 aromatic carbocycles. The number of allylic oxidation sites excluding steroid dienone is 3. The van der Waals surface area contributed by atoms with Crippen LogP contribution in [-0.4, -0.2) is 18.4 Å². The highest BCUT2D eigenvalue weighted by molar-refractivity contribution is 5.29. The van der Waals surface area contributed by atoms with Crippen LogP contribution in [0, 0.1) is 11.3 Å². The van der Waals surface area contributed by atoms with E-state index >= 15 is 0 Å². The molecule has 2 nitrogen and oxygen atoms in total. The summed E-state index contributed by atoms with van der Waals surface area (Å²) in [6, 6.07) is 0. The molecule has 2 unspecified atom stereocenters. The number of hydrogen-bond acceptors (Lipinski definition) is 2. The van der Waals surface area contributed by atoms with Gasteiger partial charge in [0.1, 0.15) is 0 Å². The van der Waals surface area contributed by atoms with Crippen molar-refractivity contribution in [1.82, 2.24) is 5.32 Å². The fourth-order valence-electron chi connectivity index (χ4n) is 1.80. The molecule has 1 fully saturated rings. The van der Waals surface area contributed by atoms with Gasteiger partial charge in [-0.3, -0.25) is 5.32 Å². The van der Waals surface area contributed by atoms with Crippen LogP contribution in [0.4, 0.5) is 0 Å². The quantitative estimate of drug-likeness (QED) is 0.581. The van der Waals surface area contributed by atoms with Gasteiger partial charge >= 0.3 is 0 Å². The summed E-state index contributed by atoms with van der Waals surface area (Å²) in [7, 11) is 0. The minimum absolute atomic E-state index is 0.0893. The van der Waals surface area contributed by atoms with Gasteiger partial charge < -0.3 is 5.11 Å². The second-order valence-electron chi connectivity index (χ2n) is 3.37. The van der Waals surface area contributed by atoms with Gasteiger partial charge in [0.25, 0.3) is 0 Å². The van der Waals surface area contributed by atoms with Crippen molar-refractivity contribution in [2.45, 2.75) is 6.42 Å². The first-order chi connectivity index (χ1) is 5.37. The van der Waals surface area contributed by atoms with E-state index in [-0.39, 0.29) is 6.73 Å². The number of rotatable bonds is 3. The molecule has 0 radical (unpaired) electrons. The molecule has 0 saturated heterocycles. The largest absolute Gasteiger partial charge is 0.381 e. The van der Waals surface area contributed by atoms with Crippen LogP contribution in [0.25, 0.3) is 0 Å². The van der Waals surface area contributed by atoms with Crippen LogP contribution in [0.15, 0.2) is 24.3 Å². The van der Waals surface area contributed by atoms with Gasteiger partial charge in [0.2, 0.25) is 0 Å². The molecule has 2 atom stereocenters. The third-order valence-corrected chi connectivity index (χ3v) is 2.63. The lowest BCUT2D eigenvalue weighted by Crippen LogP contribution is -2.25. The van der Waals surface area contributed by atoms with E-state index in [0.29, 0.717) is 5.41 Å². The first-order valence-electron chi connectivity index (χ1n) is 4.05. The molecule has 2 N–H and O–H groups in total. The molecule has 0 aliphatic heterocycles. The monoisotopic (exact) mass is 151 g/mol. The molecule has 2 aliphatic carbocycles. The molecule has 0 spiro atoms. The SMILES string of the molecule is OCNCC12C=CC=CC1C2. The van der Waals surface area contributed by atoms with Gasteiger partial charge in [-0.15, -0.1) is 0 Å². The summed E-state index contributed by atoms with van der Waals surface area (Å²) in [6.07, 6.45) is 9.95. The maximum atomic E-state index is 8.58. The molecule has 0 aromatic rings. The van der Waals surface area contributed by atoms with E-state index in [1.807, 2.05) is 0 Å². The second kappa shape index (κ2) is 2.47. The van der Waals surface area contributed by atoms with E-state index in [4.69, 9.17) is 5.11 Å². The molecule has 2 heteroatoms. The Hall–Kier alpha value is -0.600. The van der Waals surface area contributed by atoms with E-state index in [1.165, 1.54) is 6.42 Å². The molecule has 2 aliphatic rings. The van der Waals surface area contributed by atoms with Crippen molar-refractivity contribution in [1.29, 1.82) is 0 Å². The van der Waals surface area contributed by atoms with E-state index in [1.54, 1.807) is 0 Å². The van der Waals surface area contributed by atoms with Crippen LogP contribution in [-0.2, 0) is 0 Å². The number of fused-ring (bicyclic) bond motifs is 1. The van der Waals surface area contributed by atoms with Crippen molar-refractivity contribution in [3.8, 4) is 0 Å². The average Bonchev–Trinajstić information content (AvgIpc) is 2.75. The summed E-state index contributed by atoms with van der Waals surface area (Å²) in [5.41, 5.74) is 0.359.